The number of aliphatic hydroxyl groups is 2. The summed E-state index contributed by atoms with van der Waals surface area (Å²) in [5, 5.41) is 33.9. The van der Waals surface area contributed by atoms with Gasteiger partial charge in [0.2, 0.25) is 0 Å². The SMILES string of the molecule is O=C(O)C1CCCCC1.O=C(O)C1CCCCC1.OCCOCCOCCOCCOCCO. The van der Waals surface area contributed by atoms with Crippen LogP contribution in [0.1, 0.15) is 64.2 Å². The maximum Gasteiger partial charge on any atom is 0.306 e. The lowest BCUT2D eigenvalue weighted by Gasteiger charge is -2.16. The van der Waals surface area contributed by atoms with Crippen LogP contribution in [0.3, 0.4) is 0 Å². The van der Waals surface area contributed by atoms with Gasteiger partial charge in [-0.3, -0.25) is 9.59 Å². The molecule has 4 N–H and O–H groups in total. The molecule has 2 rings (SSSR count). The van der Waals surface area contributed by atoms with Crippen LogP contribution in [0.4, 0.5) is 0 Å². The number of hydrogen-bond acceptors (Lipinski definition) is 8. The van der Waals surface area contributed by atoms with E-state index < -0.39 is 11.9 Å². The summed E-state index contributed by atoms with van der Waals surface area (Å²) in [5.74, 6) is -1.26. The van der Waals surface area contributed by atoms with Crippen molar-refractivity contribution in [3.8, 4) is 0 Å². The molecule has 0 saturated heterocycles. The summed E-state index contributed by atoms with van der Waals surface area (Å²) in [6.07, 6.45) is 10.5. The number of carbonyl (C=O) groups is 2. The number of ether oxygens (including phenoxy) is 4. The second-order valence-electron chi connectivity index (χ2n) is 8.24. The van der Waals surface area contributed by atoms with Crippen LogP contribution in [0.2, 0.25) is 0 Å². The van der Waals surface area contributed by atoms with Gasteiger partial charge in [-0.25, -0.2) is 0 Å². The van der Waals surface area contributed by atoms with Crippen molar-refractivity contribution in [1.82, 2.24) is 0 Å². The Kier molecular flexibility index (Phi) is 23.9. The number of hydrogen-bond donors (Lipinski definition) is 4. The largest absolute Gasteiger partial charge is 0.481 e. The van der Waals surface area contributed by atoms with E-state index in [4.69, 9.17) is 39.4 Å². The lowest BCUT2D eigenvalue weighted by molar-refractivity contribution is -0.143. The first-order valence-electron chi connectivity index (χ1n) is 12.5. The van der Waals surface area contributed by atoms with Gasteiger partial charge in [0.05, 0.1) is 77.9 Å². The zero-order valence-corrected chi connectivity index (χ0v) is 20.5. The predicted molar refractivity (Wildman–Crippen MR) is 126 cm³/mol. The first-order valence-corrected chi connectivity index (χ1v) is 12.5. The third-order valence-electron chi connectivity index (χ3n) is 5.50. The topological polar surface area (TPSA) is 152 Å². The van der Waals surface area contributed by atoms with E-state index >= 15 is 0 Å². The fraction of sp³-hybridized carbons (Fsp3) is 0.917. The molecule has 0 atom stereocenters. The Morgan fingerprint density at radius 3 is 0.971 bits per heavy atom. The van der Waals surface area contributed by atoms with Gasteiger partial charge in [-0.1, -0.05) is 38.5 Å². The van der Waals surface area contributed by atoms with Gasteiger partial charge >= 0.3 is 11.9 Å². The number of aliphatic hydroxyl groups excluding tert-OH is 2. The molecule has 0 aliphatic heterocycles. The molecule has 202 valence electrons. The standard InChI is InChI=1S/C10H22O6.2C7H12O2/c11-1-3-13-5-7-15-9-10-16-8-6-14-4-2-12;2*8-7(9)6-4-2-1-3-5-6/h11-12H,1-10H2;2*6H,1-5H2,(H,8,9). The van der Waals surface area contributed by atoms with Crippen molar-refractivity contribution in [2.75, 3.05) is 66.1 Å². The molecule has 2 fully saturated rings. The third kappa shape index (κ3) is 21.2. The number of carboxylic acids is 2. The van der Waals surface area contributed by atoms with E-state index in [0.29, 0.717) is 52.9 Å². The summed E-state index contributed by atoms with van der Waals surface area (Å²) in [7, 11) is 0. The van der Waals surface area contributed by atoms with Crippen molar-refractivity contribution in [3.63, 3.8) is 0 Å². The molecule has 0 spiro atoms. The van der Waals surface area contributed by atoms with E-state index in [1.165, 1.54) is 12.8 Å². The first kappa shape index (κ1) is 32.7. The second kappa shape index (κ2) is 24.8. The van der Waals surface area contributed by atoms with Crippen LogP contribution in [0.15, 0.2) is 0 Å². The maximum atomic E-state index is 10.4. The van der Waals surface area contributed by atoms with Crippen molar-refractivity contribution in [1.29, 1.82) is 0 Å². The molecule has 10 heteroatoms. The molecule has 0 aromatic carbocycles. The highest BCUT2D eigenvalue weighted by atomic mass is 16.6. The molecule has 34 heavy (non-hydrogen) atoms. The van der Waals surface area contributed by atoms with Gasteiger partial charge in [-0.15, -0.1) is 0 Å². The Hall–Kier alpha value is -1.30. The number of carboxylic acid groups (broad SMARTS) is 2. The zero-order valence-electron chi connectivity index (χ0n) is 20.5. The van der Waals surface area contributed by atoms with Crippen LogP contribution in [0, 0.1) is 11.8 Å². The van der Waals surface area contributed by atoms with Gasteiger partial charge in [0.1, 0.15) is 0 Å². The monoisotopic (exact) mass is 494 g/mol. The summed E-state index contributed by atoms with van der Waals surface area (Å²) in [6, 6.07) is 0. The van der Waals surface area contributed by atoms with Crippen LogP contribution >= 0.6 is 0 Å². The minimum Gasteiger partial charge on any atom is -0.481 e. The van der Waals surface area contributed by atoms with Crippen molar-refractivity contribution in [2.24, 2.45) is 11.8 Å². The smallest absolute Gasteiger partial charge is 0.306 e. The Morgan fingerprint density at radius 1 is 0.500 bits per heavy atom. The van der Waals surface area contributed by atoms with E-state index in [0.717, 1.165) is 51.4 Å². The van der Waals surface area contributed by atoms with Gasteiger partial charge in [-0.05, 0) is 25.7 Å². The average Bonchev–Trinajstić information content (AvgIpc) is 2.86. The molecule has 0 bridgehead atoms. The van der Waals surface area contributed by atoms with Crippen LogP contribution < -0.4 is 0 Å². The summed E-state index contributed by atoms with van der Waals surface area (Å²) < 4.78 is 20.4. The van der Waals surface area contributed by atoms with E-state index in [9.17, 15) is 9.59 Å². The normalized spacial score (nSPS) is 16.6. The van der Waals surface area contributed by atoms with Gasteiger partial charge in [0, 0.05) is 0 Å². The third-order valence-corrected chi connectivity index (χ3v) is 5.50. The highest BCUT2D eigenvalue weighted by Crippen LogP contribution is 2.23. The minimum absolute atomic E-state index is 0.0289. The van der Waals surface area contributed by atoms with Gasteiger partial charge in [0.15, 0.2) is 0 Å². The molecule has 10 nitrogen and oxygen atoms in total. The van der Waals surface area contributed by atoms with Crippen LogP contribution in [0.5, 0.6) is 0 Å². The second-order valence-corrected chi connectivity index (χ2v) is 8.24. The summed E-state index contributed by atoms with van der Waals surface area (Å²) in [6.45, 7) is 3.79. The summed E-state index contributed by atoms with van der Waals surface area (Å²) in [5.41, 5.74) is 0. The molecule has 0 radical (unpaired) electrons. The van der Waals surface area contributed by atoms with Gasteiger partial charge in [-0.2, -0.15) is 0 Å². The van der Waals surface area contributed by atoms with Crippen molar-refractivity contribution < 1.29 is 49.0 Å². The Bertz CT molecular complexity index is 421. The highest BCUT2D eigenvalue weighted by Gasteiger charge is 2.20. The van der Waals surface area contributed by atoms with Crippen molar-refractivity contribution in [3.05, 3.63) is 0 Å². The Morgan fingerprint density at radius 2 is 0.765 bits per heavy atom. The lowest BCUT2D eigenvalue weighted by atomic mass is 9.90. The van der Waals surface area contributed by atoms with Crippen molar-refractivity contribution in [2.45, 2.75) is 64.2 Å². The minimum atomic E-state index is -0.602. The van der Waals surface area contributed by atoms with Crippen LogP contribution in [0.25, 0.3) is 0 Å². The van der Waals surface area contributed by atoms with Gasteiger partial charge < -0.3 is 39.4 Å². The fourth-order valence-corrected chi connectivity index (χ4v) is 3.59. The van der Waals surface area contributed by atoms with Crippen molar-refractivity contribution >= 4 is 11.9 Å². The van der Waals surface area contributed by atoms with E-state index in [1.807, 2.05) is 0 Å². The molecule has 2 saturated carbocycles. The number of rotatable bonds is 15. The molecule has 2 aliphatic carbocycles. The number of aliphatic carboxylic acids is 2. The Balaban J connectivity index is 0.000000513. The molecular weight excluding hydrogens is 448 g/mol. The average molecular weight is 495 g/mol. The predicted octanol–water partition coefficient (Wildman–Crippen LogP) is 2.34. The fourth-order valence-electron chi connectivity index (χ4n) is 3.59. The first-order chi connectivity index (χ1) is 16.5. The van der Waals surface area contributed by atoms with Gasteiger partial charge in [0.25, 0.3) is 0 Å². The van der Waals surface area contributed by atoms with E-state index in [-0.39, 0.29) is 25.0 Å². The molecule has 0 unspecified atom stereocenters. The molecule has 2 aliphatic rings. The summed E-state index contributed by atoms with van der Waals surface area (Å²) in [4.78, 5) is 20.7. The van der Waals surface area contributed by atoms with Crippen LogP contribution in [-0.2, 0) is 28.5 Å². The summed E-state index contributed by atoms with van der Waals surface area (Å²) >= 11 is 0. The maximum absolute atomic E-state index is 10.4. The highest BCUT2D eigenvalue weighted by molar-refractivity contribution is 5.70. The Labute approximate surface area is 203 Å². The molecule has 0 aromatic rings. The molecule has 0 amide bonds. The zero-order chi connectivity index (χ0) is 25.3. The van der Waals surface area contributed by atoms with Crippen LogP contribution in [-0.4, -0.2) is 98.4 Å². The lowest BCUT2D eigenvalue weighted by Crippen LogP contribution is -2.16. The molecule has 0 heterocycles. The quantitative estimate of drug-likeness (QED) is 0.250. The molecular formula is C24H46O10. The molecule has 0 aromatic heterocycles. The van der Waals surface area contributed by atoms with E-state index in [1.54, 1.807) is 0 Å². The van der Waals surface area contributed by atoms with E-state index in [2.05, 4.69) is 0 Å².